The summed E-state index contributed by atoms with van der Waals surface area (Å²) in [5.74, 6) is 0.748. The molecule has 0 saturated carbocycles. The van der Waals surface area contributed by atoms with Crippen molar-refractivity contribution < 1.29 is 28.0 Å². The zero-order valence-electron chi connectivity index (χ0n) is 24.6. The van der Waals surface area contributed by atoms with Crippen LogP contribution in [0.25, 0.3) is 17.2 Å². The van der Waals surface area contributed by atoms with Gasteiger partial charge in [0, 0.05) is 39.4 Å². The fraction of sp³-hybridized carbons (Fsp3) is 0.455. The molecule has 0 aromatic heterocycles. The topological polar surface area (TPSA) is 78.9 Å². The number of ether oxygens (including phenoxy) is 3. The van der Waals surface area contributed by atoms with Crippen molar-refractivity contribution in [2.24, 2.45) is 0 Å². The summed E-state index contributed by atoms with van der Waals surface area (Å²) in [7, 11) is 2.90. The van der Waals surface area contributed by atoms with Crippen LogP contribution in [0.15, 0.2) is 52.9 Å². The molecule has 0 amide bonds. The van der Waals surface area contributed by atoms with Crippen LogP contribution < -0.4 is 0 Å². The van der Waals surface area contributed by atoms with E-state index >= 15 is 0 Å². The molecule has 1 aliphatic carbocycles. The number of rotatable bonds is 15. The van der Waals surface area contributed by atoms with E-state index in [-0.39, 0.29) is 44.8 Å². The van der Waals surface area contributed by atoms with E-state index in [0.717, 1.165) is 62.0 Å². The van der Waals surface area contributed by atoms with Gasteiger partial charge in [0.2, 0.25) is 0 Å². The SMILES string of the molecule is CC1=C(CC(=O)OCCOCCOC(=O)CCCCC2CCSS2)c2cc(C)ccc2/C1=C\c1ccc(S(C)=O)cc1. The molecule has 2 atom stereocenters. The Balaban J connectivity index is 1.19. The van der Waals surface area contributed by atoms with Crippen molar-refractivity contribution in [2.45, 2.75) is 62.5 Å². The second kappa shape index (κ2) is 16.5. The zero-order valence-corrected chi connectivity index (χ0v) is 27.1. The third-order valence-corrected chi connectivity index (χ3v) is 11.3. The first-order chi connectivity index (χ1) is 20.3. The Bertz CT molecular complexity index is 1330. The smallest absolute Gasteiger partial charge is 0.310 e. The average Bonchev–Trinajstić information content (AvgIpc) is 3.58. The summed E-state index contributed by atoms with van der Waals surface area (Å²) in [6.07, 6.45) is 8.77. The maximum atomic E-state index is 12.8. The van der Waals surface area contributed by atoms with E-state index in [1.807, 2.05) is 59.7 Å². The van der Waals surface area contributed by atoms with Crippen LogP contribution in [0.3, 0.4) is 0 Å². The van der Waals surface area contributed by atoms with Gasteiger partial charge in [-0.1, -0.05) is 63.9 Å². The number of carbonyl (C=O) groups is 2. The third-order valence-electron chi connectivity index (χ3n) is 7.36. The highest BCUT2D eigenvalue weighted by Gasteiger charge is 2.26. The fourth-order valence-electron chi connectivity index (χ4n) is 5.05. The normalized spacial score (nSPS) is 17.9. The minimum absolute atomic E-state index is 0.144. The molecule has 9 heteroatoms. The molecule has 1 saturated heterocycles. The summed E-state index contributed by atoms with van der Waals surface area (Å²) >= 11 is 0. The summed E-state index contributed by atoms with van der Waals surface area (Å²) in [5.41, 5.74) is 7.36. The van der Waals surface area contributed by atoms with Crippen molar-refractivity contribution in [2.75, 3.05) is 38.4 Å². The largest absolute Gasteiger partial charge is 0.463 e. The Labute approximate surface area is 259 Å². The summed E-state index contributed by atoms with van der Waals surface area (Å²) in [6, 6.07) is 14.0. The Morgan fingerprint density at radius 3 is 2.38 bits per heavy atom. The quantitative estimate of drug-likeness (QED) is 0.116. The Kier molecular flexibility index (Phi) is 12.8. The Morgan fingerprint density at radius 1 is 0.952 bits per heavy atom. The van der Waals surface area contributed by atoms with Crippen molar-refractivity contribution in [1.82, 2.24) is 0 Å². The molecule has 2 aromatic carbocycles. The molecule has 4 rings (SSSR count). The number of allylic oxidation sites excluding steroid dienone is 2. The molecule has 6 nitrogen and oxygen atoms in total. The van der Waals surface area contributed by atoms with E-state index < -0.39 is 10.8 Å². The number of hydrogen-bond acceptors (Lipinski definition) is 8. The van der Waals surface area contributed by atoms with Crippen molar-refractivity contribution in [3.8, 4) is 0 Å². The van der Waals surface area contributed by atoms with E-state index in [1.165, 1.54) is 18.6 Å². The lowest BCUT2D eigenvalue weighted by atomic mass is 9.99. The molecule has 1 aliphatic heterocycles. The van der Waals surface area contributed by atoms with Gasteiger partial charge in [-0.15, -0.1) is 0 Å². The first kappa shape index (κ1) is 32.6. The van der Waals surface area contributed by atoms with Gasteiger partial charge in [0.05, 0.1) is 19.6 Å². The standard InChI is InChI=1S/C33H40O6S3/c1-23-8-13-28-29(21-25-9-11-27(12-10-25)42(3)36)24(2)30(31(28)20-23)22-33(35)39-18-16-37-15-17-38-32(34)7-5-4-6-26-14-19-40-41-26/h8-13,20-21,26H,4-7,14-19,22H2,1-3H3/b29-21-. The minimum atomic E-state index is -1.02. The number of hydrogen-bond donors (Lipinski definition) is 0. The highest BCUT2D eigenvalue weighted by atomic mass is 33.1. The lowest BCUT2D eigenvalue weighted by Gasteiger charge is -2.09. The van der Waals surface area contributed by atoms with Gasteiger partial charge in [-0.2, -0.15) is 0 Å². The first-order valence-electron chi connectivity index (χ1n) is 14.5. The molecule has 2 aromatic rings. The van der Waals surface area contributed by atoms with Crippen LogP contribution in [-0.2, 0) is 34.6 Å². The van der Waals surface area contributed by atoms with E-state index in [1.54, 1.807) is 6.26 Å². The van der Waals surface area contributed by atoms with Crippen LogP contribution in [-0.4, -0.2) is 59.8 Å². The van der Waals surface area contributed by atoms with Crippen LogP contribution in [0.4, 0.5) is 0 Å². The molecule has 0 N–H and O–H groups in total. The Morgan fingerprint density at radius 2 is 1.69 bits per heavy atom. The van der Waals surface area contributed by atoms with Gasteiger partial charge in [-0.05, 0) is 84.7 Å². The summed E-state index contributed by atoms with van der Waals surface area (Å²) in [6.45, 7) is 4.96. The molecule has 2 aliphatic rings. The van der Waals surface area contributed by atoms with Crippen LogP contribution in [0, 0.1) is 6.92 Å². The monoisotopic (exact) mass is 628 g/mol. The number of benzene rings is 2. The fourth-order valence-corrected chi connectivity index (χ4v) is 8.60. The molecule has 1 fully saturated rings. The van der Waals surface area contributed by atoms with Gasteiger partial charge in [-0.25, -0.2) is 0 Å². The molecule has 0 bridgehead atoms. The van der Waals surface area contributed by atoms with Crippen LogP contribution in [0.5, 0.6) is 0 Å². The van der Waals surface area contributed by atoms with Gasteiger partial charge in [-0.3, -0.25) is 13.8 Å². The number of carbonyl (C=O) groups excluding carboxylic acids is 2. The minimum Gasteiger partial charge on any atom is -0.463 e. The summed E-state index contributed by atoms with van der Waals surface area (Å²) in [5, 5.41) is 0.742. The molecule has 0 radical (unpaired) electrons. The average molecular weight is 629 g/mol. The first-order valence-corrected chi connectivity index (χ1v) is 18.4. The van der Waals surface area contributed by atoms with Gasteiger partial charge in [0.25, 0.3) is 0 Å². The molecular weight excluding hydrogens is 589 g/mol. The predicted octanol–water partition coefficient (Wildman–Crippen LogP) is 7.27. The highest BCUT2D eigenvalue weighted by Crippen LogP contribution is 2.44. The summed E-state index contributed by atoms with van der Waals surface area (Å²) in [4.78, 5) is 25.5. The van der Waals surface area contributed by atoms with Crippen molar-refractivity contribution in [1.29, 1.82) is 0 Å². The van der Waals surface area contributed by atoms with Crippen molar-refractivity contribution in [3.05, 3.63) is 70.3 Å². The molecular formula is C33H40O6S3. The van der Waals surface area contributed by atoms with Gasteiger partial charge >= 0.3 is 11.9 Å². The second-order valence-electron chi connectivity index (χ2n) is 10.5. The van der Waals surface area contributed by atoms with Crippen LogP contribution in [0.1, 0.15) is 67.7 Å². The maximum absolute atomic E-state index is 12.8. The van der Waals surface area contributed by atoms with Crippen LogP contribution in [0.2, 0.25) is 0 Å². The molecule has 1 heterocycles. The molecule has 42 heavy (non-hydrogen) atoms. The van der Waals surface area contributed by atoms with Gasteiger partial charge < -0.3 is 14.2 Å². The Hall–Kier alpha value is -2.33. The van der Waals surface area contributed by atoms with E-state index in [4.69, 9.17) is 14.2 Å². The lowest BCUT2D eigenvalue weighted by Crippen LogP contribution is -2.14. The zero-order chi connectivity index (χ0) is 29.9. The van der Waals surface area contributed by atoms with E-state index in [0.29, 0.717) is 6.42 Å². The van der Waals surface area contributed by atoms with E-state index in [9.17, 15) is 13.8 Å². The van der Waals surface area contributed by atoms with Gasteiger partial charge in [0.1, 0.15) is 13.2 Å². The number of esters is 2. The maximum Gasteiger partial charge on any atom is 0.310 e. The van der Waals surface area contributed by atoms with Crippen molar-refractivity contribution >= 4 is 61.5 Å². The van der Waals surface area contributed by atoms with Gasteiger partial charge in [0.15, 0.2) is 0 Å². The molecule has 2 unspecified atom stereocenters. The molecule has 0 spiro atoms. The summed E-state index contributed by atoms with van der Waals surface area (Å²) < 4.78 is 28.0. The third kappa shape index (κ3) is 9.59. The second-order valence-corrected chi connectivity index (χ2v) is 14.7. The van der Waals surface area contributed by atoms with Crippen molar-refractivity contribution in [3.63, 3.8) is 0 Å². The predicted molar refractivity (Wildman–Crippen MR) is 175 cm³/mol. The van der Waals surface area contributed by atoms with E-state index in [2.05, 4.69) is 24.3 Å². The lowest BCUT2D eigenvalue weighted by molar-refractivity contribution is -0.146. The number of aryl methyl sites for hydroxylation is 1. The number of fused-ring (bicyclic) bond motifs is 1. The van der Waals surface area contributed by atoms with Crippen LogP contribution >= 0.6 is 21.6 Å². The number of unbranched alkanes of at least 4 members (excludes halogenated alkanes) is 1. The molecule has 226 valence electrons. The highest BCUT2D eigenvalue weighted by molar-refractivity contribution is 8.77.